The number of hydrogen-bond donors (Lipinski definition) is 0. The third-order valence-corrected chi connectivity index (χ3v) is 4.74. The van der Waals surface area contributed by atoms with Crippen molar-refractivity contribution in [2.24, 2.45) is 0 Å². The average Bonchev–Trinajstić information content (AvgIpc) is 2.84. The number of nitrogens with zero attached hydrogens (tertiary/aromatic N) is 4. The van der Waals surface area contributed by atoms with E-state index < -0.39 is 5.85 Å². The van der Waals surface area contributed by atoms with Crippen LogP contribution in [0.4, 0.5) is 0 Å². The maximum absolute atomic E-state index is 11.9. The van der Waals surface area contributed by atoms with Crippen LogP contribution in [0.2, 0.25) is 0 Å². The summed E-state index contributed by atoms with van der Waals surface area (Å²) in [6, 6.07) is 5.47. The molecule has 0 amide bonds. The van der Waals surface area contributed by atoms with Crippen molar-refractivity contribution in [3.05, 3.63) is 42.1 Å². The van der Waals surface area contributed by atoms with Crippen LogP contribution in [-0.2, 0) is 10.9 Å². The van der Waals surface area contributed by atoms with E-state index in [1.807, 2.05) is 19.1 Å². The summed E-state index contributed by atoms with van der Waals surface area (Å²) < 4.78 is 13.1. The number of ketones is 1. The maximum Gasteiger partial charge on any atom is 0.273 e. The van der Waals surface area contributed by atoms with Crippen molar-refractivity contribution in [1.29, 1.82) is 0 Å². The summed E-state index contributed by atoms with van der Waals surface area (Å²) in [6.07, 6.45) is 3.27. The van der Waals surface area contributed by atoms with Crippen LogP contribution in [0.1, 0.15) is 23.2 Å². The van der Waals surface area contributed by atoms with Gasteiger partial charge in [0.05, 0.1) is 5.52 Å². The van der Waals surface area contributed by atoms with Gasteiger partial charge >= 0.3 is 0 Å². The zero-order valence-electron chi connectivity index (χ0n) is 12.9. The lowest BCUT2D eigenvalue weighted by atomic mass is 10.0. The third-order valence-electron chi connectivity index (χ3n) is 3.50. The highest BCUT2D eigenvalue weighted by molar-refractivity contribution is 8.07. The molecule has 0 aliphatic rings. The zero-order chi connectivity index (χ0) is 17.5. The number of fused-ring (bicyclic) bond motifs is 1. The molecular formula is C15H13Cl2N4O2P. The monoisotopic (exact) mass is 382 g/mol. The van der Waals surface area contributed by atoms with Gasteiger partial charge in [0.25, 0.3) is 5.85 Å². The van der Waals surface area contributed by atoms with E-state index >= 15 is 0 Å². The molecule has 9 heteroatoms. The van der Waals surface area contributed by atoms with E-state index in [1.165, 1.54) is 11.6 Å². The Morgan fingerprint density at radius 2 is 1.88 bits per heavy atom. The molecule has 0 N–H and O–H groups in total. The van der Waals surface area contributed by atoms with Crippen molar-refractivity contribution in [3.8, 4) is 11.1 Å². The fraction of sp³-hybridized carbons (Fsp3) is 0.200. The molecule has 0 radical (unpaired) electrons. The zero-order valence-corrected chi connectivity index (χ0v) is 15.3. The predicted octanol–water partition coefficient (Wildman–Crippen LogP) is 4.63. The molecule has 6 nitrogen and oxygen atoms in total. The molecule has 0 aliphatic heterocycles. The first-order valence-corrected chi connectivity index (χ1v) is 10.7. The first kappa shape index (κ1) is 17.1. The van der Waals surface area contributed by atoms with Gasteiger partial charge in [-0.1, -0.05) is 6.07 Å². The topological polar surface area (TPSA) is 77.7 Å². The van der Waals surface area contributed by atoms with Crippen LogP contribution in [0.5, 0.6) is 0 Å². The summed E-state index contributed by atoms with van der Waals surface area (Å²) in [5, 5.41) is 4.86. The Labute approximate surface area is 147 Å². The van der Waals surface area contributed by atoms with Gasteiger partial charge in [0.15, 0.2) is 5.78 Å². The molecular weight excluding hydrogens is 370 g/mol. The van der Waals surface area contributed by atoms with Crippen LogP contribution in [0.25, 0.3) is 22.0 Å². The first-order valence-electron chi connectivity index (χ1n) is 7.03. The lowest BCUT2D eigenvalue weighted by Gasteiger charge is -2.05. The van der Waals surface area contributed by atoms with E-state index in [0.717, 1.165) is 11.1 Å². The van der Waals surface area contributed by atoms with Crippen molar-refractivity contribution in [3.63, 3.8) is 0 Å². The summed E-state index contributed by atoms with van der Waals surface area (Å²) in [5.74, 6) is -2.89. The Morgan fingerprint density at radius 3 is 2.46 bits per heavy atom. The molecule has 0 fully saturated rings. The Balaban J connectivity index is 2.18. The fourth-order valence-corrected chi connectivity index (χ4v) is 3.56. The van der Waals surface area contributed by atoms with Crippen LogP contribution in [0.3, 0.4) is 0 Å². The minimum Gasteiger partial charge on any atom is -0.293 e. The summed E-state index contributed by atoms with van der Waals surface area (Å²) in [4.78, 5) is 20.2. The Morgan fingerprint density at radius 1 is 1.21 bits per heavy atom. The highest BCUT2D eigenvalue weighted by atomic mass is 35.9. The molecule has 24 heavy (non-hydrogen) atoms. The number of hydrogen-bond acceptors (Lipinski definition) is 5. The molecule has 0 saturated carbocycles. The highest BCUT2D eigenvalue weighted by Crippen LogP contribution is 2.58. The number of benzene rings is 1. The van der Waals surface area contributed by atoms with Crippen LogP contribution in [-0.4, -0.2) is 25.5 Å². The first-order chi connectivity index (χ1) is 11.2. The minimum absolute atomic E-state index is 0.160. The molecule has 0 atom stereocenters. The Kier molecular flexibility index (Phi) is 4.47. The van der Waals surface area contributed by atoms with Crippen LogP contribution in [0.15, 0.2) is 30.6 Å². The standard InChI is InChI=1S/C15H13Cl2N4O2P/c1-9(22)15-13-5-11(12-6-18-10(2)19-7-12)3-4-14(13)21(20-15)8-24(16,17)23/h3-7H,8H2,1-2H3. The van der Waals surface area contributed by atoms with Crippen molar-refractivity contribution >= 4 is 45.0 Å². The van der Waals surface area contributed by atoms with E-state index in [1.54, 1.807) is 18.5 Å². The largest absolute Gasteiger partial charge is 0.293 e. The SMILES string of the molecule is CC(=O)c1nn(CP(=O)(Cl)Cl)c2ccc(-c3cnc(C)nc3)cc12. The van der Waals surface area contributed by atoms with E-state index in [0.29, 0.717) is 16.7 Å². The van der Waals surface area contributed by atoms with E-state index in [2.05, 4.69) is 15.1 Å². The van der Waals surface area contributed by atoms with Gasteiger partial charge in [-0.25, -0.2) is 9.97 Å². The molecule has 0 unspecified atom stereocenters. The quantitative estimate of drug-likeness (QED) is 0.485. The second-order valence-electron chi connectivity index (χ2n) is 5.37. The number of rotatable bonds is 4. The molecule has 0 bridgehead atoms. The number of carbonyl (C=O) groups is 1. The van der Waals surface area contributed by atoms with Crippen LogP contribution < -0.4 is 0 Å². The van der Waals surface area contributed by atoms with E-state index in [4.69, 9.17) is 22.5 Å². The van der Waals surface area contributed by atoms with Gasteiger partial charge in [-0.05, 0) is 47.1 Å². The summed E-state index contributed by atoms with van der Waals surface area (Å²) in [7, 11) is 0. The normalized spacial score (nSPS) is 11.8. The Hall–Kier alpha value is -1.75. The minimum atomic E-state index is -3.37. The summed E-state index contributed by atoms with van der Waals surface area (Å²) in [6.45, 7) is 3.23. The van der Waals surface area contributed by atoms with Crippen molar-refractivity contribution in [1.82, 2.24) is 19.7 Å². The number of carbonyl (C=O) groups excluding carboxylic acids is 1. The van der Waals surface area contributed by atoms with Crippen LogP contribution in [0, 0.1) is 6.92 Å². The summed E-state index contributed by atoms with van der Waals surface area (Å²) in [5.41, 5.74) is 2.59. The predicted molar refractivity (Wildman–Crippen MR) is 94.8 cm³/mol. The van der Waals surface area contributed by atoms with Gasteiger partial charge in [0.2, 0.25) is 0 Å². The van der Waals surface area contributed by atoms with E-state index in [-0.39, 0.29) is 17.8 Å². The third kappa shape index (κ3) is 3.51. The molecule has 3 aromatic rings. The lowest BCUT2D eigenvalue weighted by Crippen LogP contribution is -2.00. The number of aromatic nitrogens is 4. The number of Topliss-reactive ketones (excluding diaryl/α,β-unsaturated/α-hetero) is 1. The van der Waals surface area contributed by atoms with Crippen LogP contribution >= 0.6 is 28.3 Å². The molecule has 2 heterocycles. The molecule has 2 aromatic heterocycles. The number of aryl methyl sites for hydroxylation is 1. The van der Waals surface area contributed by atoms with Crippen molar-refractivity contribution < 1.29 is 9.36 Å². The summed E-state index contributed by atoms with van der Waals surface area (Å²) >= 11 is 11.3. The molecule has 1 aromatic carbocycles. The average molecular weight is 383 g/mol. The highest BCUT2D eigenvalue weighted by Gasteiger charge is 2.21. The smallest absolute Gasteiger partial charge is 0.273 e. The van der Waals surface area contributed by atoms with E-state index in [9.17, 15) is 9.36 Å². The molecule has 3 rings (SSSR count). The molecule has 0 aliphatic carbocycles. The van der Waals surface area contributed by atoms with Gasteiger partial charge in [0, 0.05) is 30.3 Å². The van der Waals surface area contributed by atoms with Crippen molar-refractivity contribution in [2.45, 2.75) is 20.1 Å². The van der Waals surface area contributed by atoms with Gasteiger partial charge < -0.3 is 0 Å². The van der Waals surface area contributed by atoms with Gasteiger partial charge in [-0.3, -0.25) is 14.0 Å². The maximum atomic E-state index is 11.9. The second-order valence-corrected chi connectivity index (χ2v) is 10.6. The Bertz CT molecular complexity index is 979. The van der Waals surface area contributed by atoms with Gasteiger partial charge in [0.1, 0.15) is 17.8 Å². The number of halogens is 2. The molecule has 124 valence electrons. The van der Waals surface area contributed by atoms with Gasteiger partial charge in [-0.15, -0.1) is 0 Å². The fourth-order valence-electron chi connectivity index (χ4n) is 2.42. The molecule has 0 spiro atoms. The second kappa shape index (κ2) is 6.28. The molecule has 0 saturated heterocycles. The lowest BCUT2D eigenvalue weighted by molar-refractivity contribution is 0.101. The van der Waals surface area contributed by atoms with Crippen molar-refractivity contribution in [2.75, 3.05) is 0 Å². The van der Waals surface area contributed by atoms with Gasteiger partial charge in [-0.2, -0.15) is 5.10 Å².